The Morgan fingerprint density at radius 1 is 0.643 bits per heavy atom. The van der Waals surface area contributed by atoms with Crippen LogP contribution in [-0.4, -0.2) is 198 Å². The lowest BCUT2D eigenvalue weighted by Crippen LogP contribution is -2.60. The van der Waals surface area contributed by atoms with Gasteiger partial charge in [0, 0.05) is 12.1 Å². The summed E-state index contributed by atoms with van der Waals surface area (Å²) in [6.45, 7) is 17.1. The van der Waals surface area contributed by atoms with Gasteiger partial charge in [-0.15, -0.1) is 5.53 Å². The number of hydrogen-bond acceptors (Lipinski definition) is 18. The summed E-state index contributed by atoms with van der Waals surface area (Å²) in [5.74, 6) is -3.90. The van der Waals surface area contributed by atoms with Crippen molar-refractivity contribution < 1.29 is 76.7 Å². The molecule has 2 aromatic rings. The minimum absolute atomic E-state index is 0.0154. The van der Waals surface area contributed by atoms with Crippen LogP contribution in [0.15, 0.2) is 47.8 Å². The number of aromatic hydroxyl groups is 1. The molecule has 26 nitrogen and oxygen atoms in total. The monoisotopic (exact) mass is 1370 g/mol. The number of allylic oxidation sites excluding steroid dienone is 1. The number of hydrogen-bond donors (Lipinski definition) is 11. The largest absolute Gasteiger partial charge is 0.508 e. The number of nitrogens with one attached hydrogen (secondary N) is 9. The number of urea groups is 1. The van der Waals surface area contributed by atoms with Crippen molar-refractivity contribution in [3.05, 3.63) is 70.0 Å². The molecule has 544 valence electrons. The van der Waals surface area contributed by atoms with Gasteiger partial charge in [-0.2, -0.15) is 0 Å². The highest BCUT2D eigenvalue weighted by Crippen LogP contribution is 2.60. The number of aryl methyl sites for hydroxylation is 2. The molecule has 6 aliphatic rings. The number of imide groups is 2. The lowest BCUT2D eigenvalue weighted by molar-refractivity contribution is -0.869. The molecule has 8 rings (SSSR count). The number of hydrazine groups is 2. The van der Waals surface area contributed by atoms with Crippen LogP contribution in [0, 0.1) is 28.6 Å². The number of anilines is 1. The van der Waals surface area contributed by atoms with E-state index >= 15 is 0 Å². The average molecular weight is 1370 g/mol. The van der Waals surface area contributed by atoms with Gasteiger partial charge in [0.15, 0.2) is 0 Å². The smallest absolute Gasteiger partial charge is 0.322 e. The third-order valence-corrected chi connectivity index (χ3v) is 21.5. The predicted octanol–water partition coefficient (Wildman–Crippen LogP) is 4.69. The van der Waals surface area contributed by atoms with Crippen molar-refractivity contribution in [1.82, 2.24) is 47.9 Å². The maximum Gasteiger partial charge on any atom is 0.322 e. The zero-order valence-electron chi connectivity index (χ0n) is 59.6. The number of carbonyl (C=O) groups excluding carboxylic acids is 8. The molecule has 11 N–H and O–H groups in total. The maximum absolute atomic E-state index is 14.8. The standard InChI is InChI=1S/C72H111N11O15/c1-46(2)61(78-68(93)77-60(87)45-98-56-17-13-11-12-16-55-62(56)80-81-82(55)32-35-95-37-39-97-41-40-96-38-36-94-34-26-59(86)73-31-33-83(8,9)10)65(90)74-47(3)63(88)76-54(44-84)64(89)75-50-22-18-48-20-24-57-69(4,52(48)42-50)27-14-29-71(57,6)66(91)79-67(92)72(7)30-15-28-70(5)53-43-51(85)23-19-49(53)21-25-58(70)72/h18-19,22-23,42-43,46-47,54,56-58,61,80-81,84H,11-17,20-21,24-41,44-45H2,1-10H3,(H7-,73,74,75,76,77,78,79,85,86,87,88,89,90,91,92,93)/p+1/t47-,54-,56?,57+,58+,61-,69+,70+,71-,72-/m0/s1. The van der Waals surface area contributed by atoms with Gasteiger partial charge in [-0.3, -0.25) is 49.2 Å². The number of benzene rings is 2. The van der Waals surface area contributed by atoms with Crippen molar-refractivity contribution >= 4 is 53.1 Å². The Kier molecular flexibility index (Phi) is 27.1. The molecule has 0 aromatic heterocycles. The first-order valence-corrected chi connectivity index (χ1v) is 35.6. The first-order valence-electron chi connectivity index (χ1n) is 35.6. The minimum atomic E-state index is -1.42. The second-order valence-corrected chi connectivity index (χ2v) is 30.0. The van der Waals surface area contributed by atoms with Gasteiger partial charge in [0.05, 0.1) is 122 Å². The fraction of sp³-hybridized carbons (Fsp3) is 0.694. The number of aliphatic hydroxyl groups excluding tert-OH is 1. The number of amides is 9. The van der Waals surface area contributed by atoms with Crippen molar-refractivity contribution in [2.45, 2.75) is 186 Å². The Morgan fingerprint density at radius 3 is 1.84 bits per heavy atom. The Hall–Kier alpha value is -6.78. The predicted molar refractivity (Wildman–Crippen MR) is 367 cm³/mol. The van der Waals surface area contributed by atoms with Gasteiger partial charge >= 0.3 is 6.03 Å². The summed E-state index contributed by atoms with van der Waals surface area (Å²) >= 11 is 0. The number of likely N-dealkylation sites (N-methyl/N-ethyl adjacent to an activating group) is 1. The van der Waals surface area contributed by atoms with E-state index in [2.05, 4.69) is 83.2 Å². The van der Waals surface area contributed by atoms with E-state index in [1.165, 1.54) is 12.5 Å². The normalized spacial score (nSPS) is 25.2. The van der Waals surface area contributed by atoms with Crippen molar-refractivity contribution in [1.29, 1.82) is 0 Å². The average Bonchev–Trinajstić information content (AvgIpc) is 0.819. The highest BCUT2D eigenvalue weighted by atomic mass is 16.6. The SMILES string of the molecule is CC(C)[C@H](NC(=O)NC(=O)COC1CCCCCC2=C1NNN2CCOCCOCCOCCOCCC(=O)NCC[N+](C)(C)C)C(=O)N[C@@H](C)C(=O)N[C@@H](CO)C(=O)Nc1ccc2c(c1)[C@@]1(C)CCC[C@](C)(C(=O)NC(=O)[C@@]3(C)CCC[C@]4(C)c5cc(O)ccc5CC[C@@H]34)[C@@H]1CC2. The number of carbonyl (C=O) groups is 8. The zero-order valence-corrected chi connectivity index (χ0v) is 59.6. The number of nitrogens with zero attached hydrogens (tertiary/aromatic N) is 2. The molecule has 5 aliphatic carbocycles. The van der Waals surface area contributed by atoms with Crippen LogP contribution in [0.3, 0.4) is 0 Å². The molecule has 2 saturated carbocycles. The van der Waals surface area contributed by atoms with Crippen LogP contribution in [0.25, 0.3) is 0 Å². The Balaban J connectivity index is 0.744. The number of rotatable bonds is 32. The van der Waals surface area contributed by atoms with E-state index in [4.69, 9.17) is 23.7 Å². The van der Waals surface area contributed by atoms with Crippen LogP contribution in [0.1, 0.15) is 161 Å². The van der Waals surface area contributed by atoms with Gasteiger partial charge in [0.2, 0.25) is 35.4 Å². The molecule has 0 bridgehead atoms. The highest BCUT2D eigenvalue weighted by molar-refractivity contribution is 6.02. The molecule has 1 unspecified atom stereocenters. The number of fused-ring (bicyclic) bond motifs is 6. The zero-order chi connectivity index (χ0) is 71.0. The van der Waals surface area contributed by atoms with Gasteiger partial charge in [-0.25, -0.2) is 4.79 Å². The van der Waals surface area contributed by atoms with E-state index in [1.807, 2.05) is 43.1 Å². The summed E-state index contributed by atoms with van der Waals surface area (Å²) in [5.41, 5.74) is 10.5. The molecule has 2 fully saturated rings. The quantitative estimate of drug-likeness (QED) is 0.0269. The van der Waals surface area contributed by atoms with Gasteiger partial charge in [0.25, 0.3) is 5.91 Å². The van der Waals surface area contributed by atoms with Crippen molar-refractivity contribution in [2.75, 3.05) is 112 Å². The molecule has 1 heterocycles. The van der Waals surface area contributed by atoms with E-state index in [9.17, 15) is 48.6 Å². The first-order chi connectivity index (χ1) is 46.6. The summed E-state index contributed by atoms with van der Waals surface area (Å²) < 4.78 is 29.5. The van der Waals surface area contributed by atoms with Crippen molar-refractivity contribution in [3.63, 3.8) is 0 Å². The van der Waals surface area contributed by atoms with E-state index < -0.39 is 89.3 Å². The van der Waals surface area contributed by atoms with Crippen molar-refractivity contribution in [3.8, 4) is 5.75 Å². The molecule has 0 radical (unpaired) electrons. The second kappa shape index (κ2) is 34.5. The van der Waals surface area contributed by atoms with Crippen LogP contribution >= 0.6 is 0 Å². The first kappa shape index (κ1) is 77.0. The third-order valence-electron chi connectivity index (χ3n) is 21.5. The van der Waals surface area contributed by atoms with Crippen LogP contribution in [0.2, 0.25) is 0 Å². The fourth-order valence-corrected chi connectivity index (χ4v) is 16.0. The van der Waals surface area contributed by atoms with E-state index in [0.717, 1.165) is 110 Å². The van der Waals surface area contributed by atoms with Crippen LogP contribution in [0.5, 0.6) is 5.75 Å². The lowest BCUT2D eigenvalue weighted by atomic mass is 9.49. The maximum atomic E-state index is 14.8. The summed E-state index contributed by atoms with van der Waals surface area (Å²) in [6.07, 6.45) is 11.5. The molecule has 0 spiro atoms. The van der Waals surface area contributed by atoms with E-state index in [-0.39, 0.29) is 40.7 Å². The Labute approximate surface area is 578 Å². The Bertz CT molecular complexity index is 3180. The summed E-state index contributed by atoms with van der Waals surface area (Å²) in [4.78, 5) is 109. The van der Waals surface area contributed by atoms with E-state index in [1.54, 1.807) is 26.0 Å². The number of aliphatic hydroxyl groups is 1. The summed E-state index contributed by atoms with van der Waals surface area (Å²) in [7, 11) is 6.23. The minimum Gasteiger partial charge on any atom is -0.508 e. The number of quaternary nitrogens is 1. The van der Waals surface area contributed by atoms with Crippen LogP contribution < -0.4 is 48.2 Å². The Morgan fingerprint density at radius 2 is 1.23 bits per heavy atom. The number of ether oxygens (including phenoxy) is 5. The van der Waals surface area contributed by atoms with E-state index in [0.29, 0.717) is 104 Å². The summed E-state index contributed by atoms with van der Waals surface area (Å²) in [6, 6.07) is 6.45. The molecule has 26 heteroatoms. The second-order valence-electron chi connectivity index (χ2n) is 30.0. The van der Waals surface area contributed by atoms with Gasteiger partial charge in [-0.05, 0) is 153 Å². The lowest BCUT2D eigenvalue weighted by Gasteiger charge is -2.56. The van der Waals surface area contributed by atoms with Gasteiger partial charge < -0.3 is 70.4 Å². The van der Waals surface area contributed by atoms with Gasteiger partial charge in [0.1, 0.15) is 36.6 Å². The molecule has 9 amide bonds. The topological polar surface area (TPSA) is 335 Å². The van der Waals surface area contributed by atoms with Crippen molar-refractivity contribution in [2.24, 2.45) is 28.6 Å². The molecule has 10 atom stereocenters. The number of phenols is 1. The molecular formula is C72H112N11O15+. The number of phenolic OH excluding ortho intramolecular Hbond substituents is 1. The summed E-state index contributed by atoms with van der Waals surface area (Å²) in [5, 5.41) is 41.6. The molecule has 2 aromatic carbocycles. The van der Waals surface area contributed by atoms with Gasteiger partial charge in [-0.1, -0.05) is 79.4 Å². The third kappa shape index (κ3) is 19.4. The van der Waals surface area contributed by atoms with Crippen LogP contribution in [-0.2, 0) is 80.9 Å². The highest BCUT2D eigenvalue weighted by Gasteiger charge is 2.59. The van der Waals surface area contributed by atoms with Crippen LogP contribution in [0.4, 0.5) is 10.5 Å². The molecule has 98 heavy (non-hydrogen) atoms. The fourth-order valence-electron chi connectivity index (χ4n) is 16.0. The molecule has 1 aliphatic heterocycles. The molecule has 0 saturated heterocycles. The molecular weight excluding hydrogens is 1260 g/mol.